The third kappa shape index (κ3) is 5.66. The van der Waals surface area contributed by atoms with Crippen LogP contribution < -0.4 is 10.6 Å². The molecule has 0 radical (unpaired) electrons. The first-order chi connectivity index (χ1) is 9.52. The summed E-state index contributed by atoms with van der Waals surface area (Å²) in [6.07, 6.45) is 1.40. The summed E-state index contributed by atoms with van der Waals surface area (Å²) < 4.78 is 5.18. The second-order valence-corrected chi connectivity index (χ2v) is 4.23. The lowest BCUT2D eigenvalue weighted by atomic mass is 10.2. The molecule has 0 spiro atoms. The maximum Gasteiger partial charge on any atom is 0.335 e. The molecule has 2 amide bonds. The molecule has 1 atom stereocenters. The van der Waals surface area contributed by atoms with E-state index >= 15 is 0 Å². The highest BCUT2D eigenvalue weighted by molar-refractivity contribution is 5.87. The number of carboxylic acids is 1. The Morgan fingerprint density at radius 3 is 2.90 bits per heavy atom. The molecule has 7 nitrogen and oxygen atoms in total. The summed E-state index contributed by atoms with van der Waals surface area (Å²) in [5, 5.41) is 14.2. The number of rotatable bonds is 7. The number of aromatic carboxylic acids is 1. The van der Waals surface area contributed by atoms with Crippen molar-refractivity contribution in [2.45, 2.75) is 26.4 Å². The van der Waals surface area contributed by atoms with E-state index in [2.05, 4.69) is 15.6 Å². The molecule has 110 valence electrons. The van der Waals surface area contributed by atoms with Crippen LogP contribution in [0.5, 0.6) is 0 Å². The van der Waals surface area contributed by atoms with Crippen LogP contribution in [-0.4, -0.2) is 41.3 Å². The molecule has 0 bridgehead atoms. The van der Waals surface area contributed by atoms with Crippen LogP contribution >= 0.6 is 0 Å². The van der Waals surface area contributed by atoms with E-state index in [0.717, 1.165) is 0 Å². The number of nitrogens with one attached hydrogen (secondary N) is 2. The van der Waals surface area contributed by atoms with Crippen molar-refractivity contribution in [3.8, 4) is 0 Å². The van der Waals surface area contributed by atoms with Gasteiger partial charge in [-0.1, -0.05) is 0 Å². The molecule has 1 aromatic rings. The van der Waals surface area contributed by atoms with E-state index in [1.165, 1.54) is 18.3 Å². The van der Waals surface area contributed by atoms with Gasteiger partial charge in [0.2, 0.25) is 0 Å². The van der Waals surface area contributed by atoms with Crippen molar-refractivity contribution in [1.29, 1.82) is 0 Å². The Kier molecular flexibility index (Phi) is 6.45. The predicted molar refractivity (Wildman–Crippen MR) is 72.5 cm³/mol. The zero-order chi connectivity index (χ0) is 15.0. The Balaban J connectivity index is 2.41. The van der Waals surface area contributed by atoms with Gasteiger partial charge >= 0.3 is 12.0 Å². The molecule has 0 fully saturated rings. The standard InChI is InChI=1S/C13H19N3O4/c1-3-20-8-9(2)16-13(19)15-7-11-6-10(12(17)18)4-5-14-11/h4-6,9H,3,7-8H2,1-2H3,(H,17,18)(H2,15,16,19). The molecular formula is C13H19N3O4. The van der Waals surface area contributed by atoms with Crippen LogP contribution in [0.4, 0.5) is 4.79 Å². The Morgan fingerprint density at radius 2 is 2.25 bits per heavy atom. The number of carboxylic acid groups (broad SMARTS) is 1. The van der Waals surface area contributed by atoms with Gasteiger partial charge in [-0.3, -0.25) is 4.98 Å². The first kappa shape index (κ1) is 15.9. The third-order valence-electron chi connectivity index (χ3n) is 2.44. The first-order valence-electron chi connectivity index (χ1n) is 6.33. The number of hydrogen-bond donors (Lipinski definition) is 3. The van der Waals surface area contributed by atoms with Crippen molar-refractivity contribution in [3.63, 3.8) is 0 Å². The number of ether oxygens (including phenoxy) is 1. The zero-order valence-electron chi connectivity index (χ0n) is 11.5. The topological polar surface area (TPSA) is 101 Å². The van der Waals surface area contributed by atoms with E-state index in [-0.39, 0.29) is 24.2 Å². The largest absolute Gasteiger partial charge is 0.478 e. The van der Waals surface area contributed by atoms with Crippen LogP contribution in [-0.2, 0) is 11.3 Å². The van der Waals surface area contributed by atoms with Gasteiger partial charge in [0.25, 0.3) is 0 Å². The number of aromatic nitrogens is 1. The van der Waals surface area contributed by atoms with E-state index in [9.17, 15) is 9.59 Å². The van der Waals surface area contributed by atoms with E-state index in [1.807, 2.05) is 13.8 Å². The van der Waals surface area contributed by atoms with Crippen LogP contribution in [0, 0.1) is 0 Å². The van der Waals surface area contributed by atoms with Crippen molar-refractivity contribution in [2.24, 2.45) is 0 Å². The third-order valence-corrected chi connectivity index (χ3v) is 2.44. The molecule has 0 aliphatic carbocycles. The molecule has 0 aromatic carbocycles. The summed E-state index contributed by atoms with van der Waals surface area (Å²) in [5.41, 5.74) is 0.624. The Hall–Kier alpha value is -2.15. The zero-order valence-corrected chi connectivity index (χ0v) is 11.5. The Bertz CT molecular complexity index is 465. The molecule has 1 heterocycles. The van der Waals surface area contributed by atoms with E-state index in [0.29, 0.717) is 18.9 Å². The second-order valence-electron chi connectivity index (χ2n) is 4.23. The lowest BCUT2D eigenvalue weighted by Crippen LogP contribution is -2.42. The monoisotopic (exact) mass is 281 g/mol. The summed E-state index contributed by atoms with van der Waals surface area (Å²) in [6, 6.07) is 2.37. The number of nitrogens with zero attached hydrogens (tertiary/aromatic N) is 1. The minimum atomic E-state index is -1.02. The van der Waals surface area contributed by atoms with Gasteiger partial charge in [-0.2, -0.15) is 0 Å². The quantitative estimate of drug-likeness (QED) is 0.692. The number of urea groups is 1. The summed E-state index contributed by atoms with van der Waals surface area (Å²) >= 11 is 0. The SMILES string of the molecule is CCOCC(C)NC(=O)NCc1cc(C(=O)O)ccn1. The van der Waals surface area contributed by atoms with Gasteiger partial charge < -0.3 is 20.5 Å². The van der Waals surface area contributed by atoms with Crippen molar-refractivity contribution < 1.29 is 19.4 Å². The fourth-order valence-electron chi connectivity index (χ4n) is 1.49. The van der Waals surface area contributed by atoms with Gasteiger partial charge in [-0.15, -0.1) is 0 Å². The smallest absolute Gasteiger partial charge is 0.335 e. The van der Waals surface area contributed by atoms with Gasteiger partial charge in [0, 0.05) is 12.8 Å². The molecule has 0 aliphatic heterocycles. The average Bonchev–Trinajstić information content (AvgIpc) is 2.43. The summed E-state index contributed by atoms with van der Waals surface area (Å²) in [5.74, 6) is -1.02. The van der Waals surface area contributed by atoms with Crippen LogP contribution in [0.25, 0.3) is 0 Å². The maximum atomic E-state index is 11.6. The van der Waals surface area contributed by atoms with E-state index in [1.54, 1.807) is 0 Å². The van der Waals surface area contributed by atoms with Gasteiger partial charge in [0.05, 0.1) is 30.5 Å². The summed E-state index contributed by atoms with van der Waals surface area (Å²) in [6.45, 7) is 4.91. The molecule has 0 saturated carbocycles. The normalized spacial score (nSPS) is 11.7. The molecule has 3 N–H and O–H groups in total. The van der Waals surface area contributed by atoms with Gasteiger partial charge in [-0.25, -0.2) is 9.59 Å². The fraction of sp³-hybridized carbons (Fsp3) is 0.462. The predicted octanol–water partition coefficient (Wildman–Crippen LogP) is 1.00. The highest BCUT2D eigenvalue weighted by Crippen LogP contribution is 2.01. The van der Waals surface area contributed by atoms with Crippen molar-refractivity contribution in [1.82, 2.24) is 15.6 Å². The van der Waals surface area contributed by atoms with Crippen LogP contribution in [0.2, 0.25) is 0 Å². The summed E-state index contributed by atoms with van der Waals surface area (Å²) in [4.78, 5) is 26.4. The molecular weight excluding hydrogens is 262 g/mol. The number of carbonyl (C=O) groups is 2. The number of pyridine rings is 1. The minimum absolute atomic E-state index is 0.103. The number of carbonyl (C=O) groups excluding carboxylic acids is 1. The first-order valence-corrected chi connectivity index (χ1v) is 6.33. The van der Waals surface area contributed by atoms with E-state index in [4.69, 9.17) is 9.84 Å². The van der Waals surface area contributed by atoms with Gasteiger partial charge in [-0.05, 0) is 26.0 Å². The van der Waals surface area contributed by atoms with E-state index < -0.39 is 5.97 Å². The fourth-order valence-corrected chi connectivity index (χ4v) is 1.49. The van der Waals surface area contributed by atoms with Gasteiger partial charge in [0.1, 0.15) is 0 Å². The average molecular weight is 281 g/mol. The molecule has 7 heteroatoms. The van der Waals surface area contributed by atoms with Crippen molar-refractivity contribution in [2.75, 3.05) is 13.2 Å². The van der Waals surface area contributed by atoms with Crippen molar-refractivity contribution >= 4 is 12.0 Å². The molecule has 0 saturated heterocycles. The highest BCUT2D eigenvalue weighted by atomic mass is 16.5. The second kappa shape index (κ2) is 8.11. The number of amides is 2. The van der Waals surface area contributed by atoms with Gasteiger partial charge in [0.15, 0.2) is 0 Å². The van der Waals surface area contributed by atoms with Crippen LogP contribution in [0.15, 0.2) is 18.3 Å². The van der Waals surface area contributed by atoms with Crippen LogP contribution in [0.3, 0.4) is 0 Å². The Morgan fingerprint density at radius 1 is 1.50 bits per heavy atom. The minimum Gasteiger partial charge on any atom is -0.478 e. The number of hydrogen-bond acceptors (Lipinski definition) is 4. The Labute approximate surface area is 117 Å². The molecule has 20 heavy (non-hydrogen) atoms. The molecule has 1 aromatic heterocycles. The summed E-state index contributed by atoms with van der Waals surface area (Å²) in [7, 11) is 0. The lowest BCUT2D eigenvalue weighted by Gasteiger charge is -2.14. The van der Waals surface area contributed by atoms with Crippen molar-refractivity contribution in [3.05, 3.63) is 29.6 Å². The lowest BCUT2D eigenvalue weighted by molar-refractivity contribution is 0.0696. The molecule has 1 unspecified atom stereocenters. The van der Waals surface area contributed by atoms with Crippen LogP contribution in [0.1, 0.15) is 29.9 Å². The molecule has 1 rings (SSSR count). The molecule has 0 aliphatic rings. The maximum absolute atomic E-state index is 11.6. The highest BCUT2D eigenvalue weighted by Gasteiger charge is 2.08.